The molecule has 72 valence electrons. The first-order valence-corrected chi connectivity index (χ1v) is 5.53. The number of rotatable bonds is 4. The van der Waals surface area contributed by atoms with Crippen LogP contribution in [0.4, 0.5) is 0 Å². The molecule has 1 nitrogen and oxygen atoms in total. The van der Waals surface area contributed by atoms with E-state index in [1.165, 1.54) is 4.88 Å². The molecule has 0 bridgehead atoms. The molecule has 0 fully saturated rings. The van der Waals surface area contributed by atoms with Crippen LogP contribution >= 0.6 is 22.9 Å². The molecule has 13 heavy (non-hydrogen) atoms. The molecule has 0 aliphatic carbocycles. The maximum Gasteiger partial charge on any atom is 0.129 e. The minimum atomic E-state index is 0.259. The number of halogens is 1. The minimum absolute atomic E-state index is 0.259. The van der Waals surface area contributed by atoms with Crippen LogP contribution in [0.5, 0.6) is 0 Å². The van der Waals surface area contributed by atoms with Crippen molar-refractivity contribution >= 4 is 28.7 Å². The molecule has 1 heterocycles. The molecule has 0 aliphatic heterocycles. The zero-order chi connectivity index (χ0) is 9.84. The molecule has 0 radical (unpaired) electrons. The predicted octanol–water partition coefficient (Wildman–Crippen LogP) is 3.87. The van der Waals surface area contributed by atoms with Gasteiger partial charge < -0.3 is 4.79 Å². The molecule has 0 aromatic carbocycles. The van der Waals surface area contributed by atoms with E-state index in [1.807, 2.05) is 12.1 Å². The smallest absolute Gasteiger partial charge is 0.129 e. The Hall–Kier alpha value is -0.340. The molecule has 1 aromatic heterocycles. The van der Waals surface area contributed by atoms with Gasteiger partial charge in [0.2, 0.25) is 0 Å². The zero-order valence-corrected chi connectivity index (χ0v) is 9.41. The molecule has 1 unspecified atom stereocenters. The summed E-state index contributed by atoms with van der Waals surface area (Å²) < 4.78 is 0.824. The summed E-state index contributed by atoms with van der Waals surface area (Å²) >= 11 is 7.42. The highest BCUT2D eigenvalue weighted by Gasteiger charge is 2.08. The van der Waals surface area contributed by atoms with Gasteiger partial charge in [0.25, 0.3) is 0 Å². The van der Waals surface area contributed by atoms with Gasteiger partial charge in [0.05, 0.1) is 4.34 Å². The lowest BCUT2D eigenvalue weighted by Gasteiger charge is -2.06. The summed E-state index contributed by atoms with van der Waals surface area (Å²) in [5.74, 6) is 0.705. The van der Waals surface area contributed by atoms with Gasteiger partial charge in [0.1, 0.15) is 5.78 Å². The third kappa shape index (κ3) is 3.49. The first-order chi connectivity index (χ1) is 6.09. The predicted molar refractivity (Wildman–Crippen MR) is 57.7 cm³/mol. The van der Waals surface area contributed by atoms with Gasteiger partial charge in [0, 0.05) is 11.3 Å². The third-order valence-electron chi connectivity index (χ3n) is 2.01. The van der Waals surface area contributed by atoms with E-state index in [0.29, 0.717) is 12.3 Å². The first-order valence-electron chi connectivity index (χ1n) is 4.34. The van der Waals surface area contributed by atoms with Crippen molar-refractivity contribution in [1.29, 1.82) is 0 Å². The maximum absolute atomic E-state index is 10.8. The Bertz CT molecular complexity index is 293. The topological polar surface area (TPSA) is 17.1 Å². The number of hydrogen-bond donors (Lipinski definition) is 0. The van der Waals surface area contributed by atoms with Gasteiger partial charge in [-0.2, -0.15) is 0 Å². The van der Waals surface area contributed by atoms with Crippen molar-refractivity contribution in [2.24, 2.45) is 0 Å². The molecular weight excluding hydrogens is 204 g/mol. The van der Waals surface area contributed by atoms with E-state index in [1.54, 1.807) is 18.3 Å². The van der Waals surface area contributed by atoms with Crippen molar-refractivity contribution in [3.8, 4) is 0 Å². The summed E-state index contributed by atoms with van der Waals surface area (Å²) in [7, 11) is 0. The number of ketones is 1. The van der Waals surface area contributed by atoms with Crippen molar-refractivity contribution in [3.05, 3.63) is 21.3 Å². The Kier molecular flexibility index (Phi) is 3.94. The second-order valence-corrected chi connectivity index (χ2v) is 5.03. The molecule has 0 N–H and O–H groups in total. The molecular formula is C10H13ClOS. The Morgan fingerprint density at radius 2 is 2.31 bits per heavy atom. The number of carbonyl (C=O) groups excluding carboxylic acids is 1. The lowest BCUT2D eigenvalue weighted by molar-refractivity contribution is -0.117. The highest BCUT2D eigenvalue weighted by atomic mass is 35.5. The minimum Gasteiger partial charge on any atom is -0.300 e. The number of thiophene rings is 1. The molecule has 0 aliphatic rings. The number of hydrogen-bond acceptors (Lipinski definition) is 2. The monoisotopic (exact) mass is 216 g/mol. The Morgan fingerprint density at radius 3 is 2.77 bits per heavy atom. The molecule has 3 heteroatoms. The van der Waals surface area contributed by atoms with Crippen molar-refractivity contribution in [1.82, 2.24) is 0 Å². The average Bonchev–Trinajstić information content (AvgIpc) is 2.47. The van der Waals surface area contributed by atoms with E-state index < -0.39 is 0 Å². The van der Waals surface area contributed by atoms with Crippen molar-refractivity contribution in [2.75, 3.05) is 0 Å². The number of Topliss-reactive ketones (excluding diaryl/α,β-unsaturated/α-hetero) is 1. The Labute approximate surface area is 87.7 Å². The molecule has 0 spiro atoms. The van der Waals surface area contributed by atoms with Crippen molar-refractivity contribution < 1.29 is 4.79 Å². The fourth-order valence-electron chi connectivity index (χ4n) is 1.16. The molecule has 1 rings (SSSR count). The average molecular weight is 217 g/mol. The SMILES string of the molecule is CC(=O)CCC(C)c1ccc(Cl)s1. The second-order valence-electron chi connectivity index (χ2n) is 3.28. The fourth-order valence-corrected chi connectivity index (χ4v) is 2.30. The molecule has 0 saturated carbocycles. The largest absolute Gasteiger partial charge is 0.300 e. The van der Waals surface area contributed by atoms with Crippen LogP contribution in [0.15, 0.2) is 12.1 Å². The van der Waals surface area contributed by atoms with Gasteiger partial charge in [-0.3, -0.25) is 0 Å². The van der Waals surface area contributed by atoms with Crippen LogP contribution in [0.25, 0.3) is 0 Å². The van der Waals surface area contributed by atoms with E-state index in [2.05, 4.69) is 6.92 Å². The summed E-state index contributed by atoms with van der Waals surface area (Å²) in [5, 5.41) is 0. The van der Waals surface area contributed by atoms with Crippen molar-refractivity contribution in [3.63, 3.8) is 0 Å². The quantitative estimate of drug-likeness (QED) is 0.747. The normalized spacial score (nSPS) is 12.8. The fraction of sp³-hybridized carbons (Fsp3) is 0.500. The lowest BCUT2D eigenvalue weighted by atomic mass is 10.0. The summed E-state index contributed by atoms with van der Waals surface area (Å²) in [5.41, 5.74) is 0. The summed E-state index contributed by atoms with van der Waals surface area (Å²) in [4.78, 5) is 12.0. The van der Waals surface area contributed by atoms with Gasteiger partial charge in [-0.25, -0.2) is 0 Å². The van der Waals surface area contributed by atoms with Crippen LogP contribution in [-0.4, -0.2) is 5.78 Å². The maximum atomic E-state index is 10.8. The molecule has 0 saturated heterocycles. The second kappa shape index (κ2) is 4.77. The van der Waals surface area contributed by atoms with Crippen LogP contribution in [0.1, 0.15) is 37.5 Å². The Balaban J connectivity index is 2.48. The van der Waals surface area contributed by atoms with E-state index in [0.717, 1.165) is 10.8 Å². The first kappa shape index (κ1) is 10.7. The van der Waals surface area contributed by atoms with E-state index in [-0.39, 0.29) is 5.78 Å². The molecule has 1 atom stereocenters. The molecule has 1 aromatic rings. The van der Waals surface area contributed by atoms with Gasteiger partial charge >= 0.3 is 0 Å². The van der Waals surface area contributed by atoms with Crippen LogP contribution in [0, 0.1) is 0 Å². The Morgan fingerprint density at radius 1 is 1.62 bits per heavy atom. The van der Waals surface area contributed by atoms with E-state index >= 15 is 0 Å². The van der Waals surface area contributed by atoms with Gasteiger partial charge in [0.15, 0.2) is 0 Å². The summed E-state index contributed by atoms with van der Waals surface area (Å²) in [6.45, 7) is 3.76. The number of carbonyl (C=O) groups is 1. The van der Waals surface area contributed by atoms with E-state index in [9.17, 15) is 4.79 Å². The standard InChI is InChI=1S/C10H13ClOS/c1-7(3-4-8(2)12)9-5-6-10(11)13-9/h5-7H,3-4H2,1-2H3. The zero-order valence-electron chi connectivity index (χ0n) is 7.84. The van der Waals surface area contributed by atoms with Gasteiger partial charge in [-0.15, -0.1) is 11.3 Å². The van der Waals surface area contributed by atoms with E-state index in [4.69, 9.17) is 11.6 Å². The summed E-state index contributed by atoms with van der Waals surface area (Å²) in [6, 6.07) is 3.95. The van der Waals surface area contributed by atoms with Crippen LogP contribution in [0.2, 0.25) is 4.34 Å². The van der Waals surface area contributed by atoms with Crippen molar-refractivity contribution in [2.45, 2.75) is 32.6 Å². The van der Waals surface area contributed by atoms with Gasteiger partial charge in [-0.1, -0.05) is 18.5 Å². The van der Waals surface area contributed by atoms with Crippen LogP contribution in [-0.2, 0) is 4.79 Å². The van der Waals surface area contributed by atoms with Crippen LogP contribution in [0.3, 0.4) is 0 Å². The third-order valence-corrected chi connectivity index (χ3v) is 3.47. The van der Waals surface area contributed by atoms with Gasteiger partial charge in [-0.05, 0) is 31.4 Å². The highest BCUT2D eigenvalue weighted by molar-refractivity contribution is 7.16. The van der Waals surface area contributed by atoms with Crippen LogP contribution < -0.4 is 0 Å². The highest BCUT2D eigenvalue weighted by Crippen LogP contribution is 2.30. The summed E-state index contributed by atoms with van der Waals surface area (Å²) in [6.07, 6.45) is 1.59. The molecule has 0 amide bonds. The lowest BCUT2D eigenvalue weighted by Crippen LogP contribution is -1.95.